The van der Waals surface area contributed by atoms with E-state index in [9.17, 15) is 9.90 Å². The van der Waals surface area contributed by atoms with E-state index in [2.05, 4.69) is 10.6 Å². The molecule has 2 rings (SSSR count). The zero-order valence-electron chi connectivity index (χ0n) is 12.0. The number of aliphatic hydroxyl groups is 1. The van der Waals surface area contributed by atoms with Gasteiger partial charge in [0.05, 0.1) is 11.9 Å². The maximum absolute atomic E-state index is 11.8. The van der Waals surface area contributed by atoms with Crippen molar-refractivity contribution in [1.82, 2.24) is 10.6 Å². The Balaban J connectivity index is 1.71. The number of carbonyl (C=O) groups excluding carboxylic acids is 1. The summed E-state index contributed by atoms with van der Waals surface area (Å²) in [6, 6.07) is 3.68. The number of hydrogen-bond donors (Lipinski definition) is 3. The lowest BCUT2D eigenvalue weighted by Gasteiger charge is -2.25. The molecular formula is C15H24N2O3. The van der Waals surface area contributed by atoms with E-state index < -0.39 is 5.60 Å². The van der Waals surface area contributed by atoms with Gasteiger partial charge in [-0.3, -0.25) is 0 Å². The van der Waals surface area contributed by atoms with Crippen LogP contribution in [0, 0.1) is 0 Å². The van der Waals surface area contributed by atoms with Crippen LogP contribution in [0.15, 0.2) is 22.8 Å². The molecule has 1 aliphatic rings. The quantitative estimate of drug-likeness (QED) is 0.774. The average Bonchev–Trinajstić information content (AvgIpc) is 2.90. The monoisotopic (exact) mass is 280 g/mol. The second kappa shape index (κ2) is 6.79. The Morgan fingerprint density at radius 1 is 1.45 bits per heavy atom. The van der Waals surface area contributed by atoms with Gasteiger partial charge in [-0.1, -0.05) is 19.3 Å². The molecule has 0 unspecified atom stereocenters. The van der Waals surface area contributed by atoms with Gasteiger partial charge in [-0.25, -0.2) is 4.79 Å². The summed E-state index contributed by atoms with van der Waals surface area (Å²) < 4.78 is 5.21. The molecule has 112 valence electrons. The maximum Gasteiger partial charge on any atom is 0.315 e. The third kappa shape index (κ3) is 4.89. The van der Waals surface area contributed by atoms with Crippen LogP contribution in [-0.4, -0.2) is 29.3 Å². The minimum absolute atomic E-state index is 0.198. The molecule has 5 nitrogen and oxygen atoms in total. The lowest BCUT2D eigenvalue weighted by molar-refractivity contribution is 0.0570. The van der Waals surface area contributed by atoms with Gasteiger partial charge in [0.1, 0.15) is 5.76 Å². The smallest absolute Gasteiger partial charge is 0.315 e. The maximum atomic E-state index is 11.8. The van der Waals surface area contributed by atoms with E-state index >= 15 is 0 Å². The molecule has 0 saturated heterocycles. The number of urea groups is 1. The van der Waals surface area contributed by atoms with Crippen LogP contribution in [0.4, 0.5) is 4.79 Å². The number of carbonyl (C=O) groups is 1. The van der Waals surface area contributed by atoms with Gasteiger partial charge in [0.25, 0.3) is 0 Å². The average molecular weight is 280 g/mol. The molecule has 2 amide bonds. The fraction of sp³-hybridized carbons (Fsp3) is 0.667. The highest BCUT2D eigenvalue weighted by Crippen LogP contribution is 2.17. The first-order valence-corrected chi connectivity index (χ1v) is 7.34. The first-order valence-electron chi connectivity index (χ1n) is 7.34. The van der Waals surface area contributed by atoms with Gasteiger partial charge in [-0.2, -0.15) is 0 Å². The number of amides is 2. The molecule has 20 heavy (non-hydrogen) atoms. The van der Waals surface area contributed by atoms with Crippen molar-refractivity contribution in [3.8, 4) is 0 Å². The summed E-state index contributed by atoms with van der Waals surface area (Å²) in [5.74, 6) is 0.712. The van der Waals surface area contributed by atoms with Gasteiger partial charge in [0.2, 0.25) is 0 Å². The third-order valence-corrected chi connectivity index (χ3v) is 3.71. The van der Waals surface area contributed by atoms with Crippen LogP contribution >= 0.6 is 0 Å². The van der Waals surface area contributed by atoms with Crippen LogP contribution in [0.25, 0.3) is 0 Å². The molecule has 1 aliphatic carbocycles. The highest BCUT2D eigenvalue weighted by molar-refractivity contribution is 5.74. The third-order valence-electron chi connectivity index (χ3n) is 3.71. The van der Waals surface area contributed by atoms with E-state index in [1.807, 2.05) is 6.07 Å². The molecule has 0 radical (unpaired) electrons. The number of furan rings is 1. The summed E-state index contributed by atoms with van der Waals surface area (Å²) in [5.41, 5.74) is -1.01. The molecule has 1 heterocycles. The van der Waals surface area contributed by atoms with Gasteiger partial charge in [-0.05, 0) is 31.9 Å². The minimum atomic E-state index is -1.01. The predicted molar refractivity (Wildman–Crippen MR) is 76.4 cm³/mol. The van der Waals surface area contributed by atoms with E-state index in [1.165, 1.54) is 19.3 Å². The number of nitrogens with one attached hydrogen (secondary N) is 2. The highest BCUT2D eigenvalue weighted by Gasteiger charge is 2.24. The van der Waals surface area contributed by atoms with Crippen LogP contribution in [0.3, 0.4) is 0 Å². The second-order valence-electron chi connectivity index (χ2n) is 5.92. The van der Waals surface area contributed by atoms with Crippen molar-refractivity contribution >= 4 is 6.03 Å². The molecule has 0 spiro atoms. The van der Waals surface area contributed by atoms with Crippen molar-refractivity contribution in [2.24, 2.45) is 0 Å². The van der Waals surface area contributed by atoms with Gasteiger partial charge >= 0.3 is 6.03 Å². The lowest BCUT2D eigenvalue weighted by Crippen LogP contribution is -2.48. The van der Waals surface area contributed by atoms with Crippen LogP contribution in [0.1, 0.15) is 44.8 Å². The SMILES string of the molecule is C[C@@](O)(CNC(=O)NC1CCCCC1)Cc1ccco1. The van der Waals surface area contributed by atoms with Crippen molar-refractivity contribution in [3.63, 3.8) is 0 Å². The number of hydrogen-bond acceptors (Lipinski definition) is 3. The zero-order valence-corrected chi connectivity index (χ0v) is 12.0. The summed E-state index contributed by atoms with van der Waals surface area (Å²) in [4.78, 5) is 11.8. The summed E-state index contributed by atoms with van der Waals surface area (Å²) >= 11 is 0. The van der Waals surface area contributed by atoms with Crippen molar-refractivity contribution in [1.29, 1.82) is 0 Å². The predicted octanol–water partition coefficient (Wildman–Crippen LogP) is 2.21. The first-order chi connectivity index (χ1) is 9.55. The lowest BCUT2D eigenvalue weighted by atomic mass is 9.96. The summed E-state index contributed by atoms with van der Waals surface area (Å²) in [6.07, 6.45) is 7.69. The molecule has 0 aromatic carbocycles. The molecule has 0 aliphatic heterocycles. The fourth-order valence-corrected chi connectivity index (χ4v) is 2.61. The van der Waals surface area contributed by atoms with E-state index in [0.29, 0.717) is 12.2 Å². The Bertz CT molecular complexity index is 409. The van der Waals surface area contributed by atoms with Crippen LogP contribution < -0.4 is 10.6 Å². The molecule has 1 fully saturated rings. The van der Waals surface area contributed by atoms with Gasteiger partial charge in [0.15, 0.2) is 0 Å². The summed E-state index contributed by atoms with van der Waals surface area (Å²) in [7, 11) is 0. The highest BCUT2D eigenvalue weighted by atomic mass is 16.3. The van der Waals surface area contributed by atoms with Crippen molar-refractivity contribution in [2.45, 2.75) is 57.1 Å². The Labute approximate surface area is 119 Å². The van der Waals surface area contributed by atoms with E-state index in [1.54, 1.807) is 19.3 Å². The standard InChI is InChI=1S/C15H24N2O3/c1-15(19,10-13-8-5-9-20-13)11-16-14(18)17-12-6-3-2-4-7-12/h5,8-9,12,19H,2-4,6-7,10-11H2,1H3,(H2,16,17,18)/t15-/m0/s1. The Morgan fingerprint density at radius 3 is 2.85 bits per heavy atom. The number of rotatable bonds is 5. The zero-order chi connectivity index (χ0) is 14.4. The van der Waals surface area contributed by atoms with Crippen molar-refractivity contribution < 1.29 is 14.3 Å². The minimum Gasteiger partial charge on any atom is -0.469 e. The van der Waals surface area contributed by atoms with Gasteiger partial charge < -0.3 is 20.2 Å². The molecule has 1 saturated carbocycles. The van der Waals surface area contributed by atoms with Gasteiger partial charge in [-0.15, -0.1) is 0 Å². The van der Waals surface area contributed by atoms with Crippen LogP contribution in [0.5, 0.6) is 0 Å². The molecular weight excluding hydrogens is 256 g/mol. The van der Waals surface area contributed by atoms with E-state index in [4.69, 9.17) is 4.42 Å². The van der Waals surface area contributed by atoms with E-state index in [0.717, 1.165) is 12.8 Å². The largest absolute Gasteiger partial charge is 0.469 e. The van der Waals surface area contributed by atoms with E-state index in [-0.39, 0.29) is 18.6 Å². The Kier molecular flexibility index (Phi) is 5.06. The van der Waals surface area contributed by atoms with Crippen molar-refractivity contribution in [2.75, 3.05) is 6.54 Å². The van der Waals surface area contributed by atoms with Gasteiger partial charge in [0, 0.05) is 19.0 Å². The molecule has 1 atom stereocenters. The summed E-state index contributed by atoms with van der Waals surface area (Å²) in [5, 5.41) is 15.9. The molecule has 5 heteroatoms. The van der Waals surface area contributed by atoms with Crippen molar-refractivity contribution in [3.05, 3.63) is 24.2 Å². The normalized spacial score (nSPS) is 19.3. The Hall–Kier alpha value is -1.49. The topological polar surface area (TPSA) is 74.5 Å². The first kappa shape index (κ1) is 14.9. The fourth-order valence-electron chi connectivity index (χ4n) is 2.61. The molecule has 3 N–H and O–H groups in total. The molecule has 0 bridgehead atoms. The summed E-state index contributed by atoms with van der Waals surface area (Å²) in [6.45, 7) is 1.89. The molecule has 1 aromatic rings. The van der Waals surface area contributed by atoms with Crippen LogP contribution in [-0.2, 0) is 6.42 Å². The van der Waals surface area contributed by atoms with Crippen LogP contribution in [0.2, 0.25) is 0 Å². The molecule has 1 aromatic heterocycles. The second-order valence-corrected chi connectivity index (χ2v) is 5.92. The Morgan fingerprint density at radius 2 is 2.20 bits per heavy atom.